The summed E-state index contributed by atoms with van der Waals surface area (Å²) in [6, 6.07) is 0.684. The van der Waals surface area contributed by atoms with Gasteiger partial charge in [0, 0.05) is 0 Å². The van der Waals surface area contributed by atoms with Gasteiger partial charge in [-0.05, 0) is 18.1 Å². The Bertz CT molecular complexity index is 530. The zero-order chi connectivity index (χ0) is 12.7. The predicted octanol–water partition coefficient (Wildman–Crippen LogP) is 1.30. The first-order valence-corrected chi connectivity index (χ1v) is 4.62. The number of fused-ring (bicyclic) bond motifs is 1. The molecule has 4 nitrogen and oxygen atoms in total. The van der Waals surface area contributed by atoms with Crippen LogP contribution in [-0.4, -0.2) is 17.0 Å². The van der Waals surface area contributed by atoms with Crippen molar-refractivity contribution in [3.63, 3.8) is 0 Å². The summed E-state index contributed by atoms with van der Waals surface area (Å²) in [5, 5.41) is 10.6. The van der Waals surface area contributed by atoms with Gasteiger partial charge < -0.3 is 10.4 Å². The second-order valence-corrected chi connectivity index (χ2v) is 3.60. The molecule has 1 aromatic rings. The lowest BCUT2D eigenvalue weighted by atomic mass is 9.93. The molecule has 0 aromatic heterocycles. The molecule has 1 aromatic carbocycles. The Morgan fingerprint density at radius 2 is 2.00 bits per heavy atom. The van der Waals surface area contributed by atoms with Gasteiger partial charge >= 0.3 is 5.97 Å². The van der Waals surface area contributed by atoms with Crippen LogP contribution in [0.15, 0.2) is 6.07 Å². The Morgan fingerprint density at radius 1 is 1.35 bits per heavy atom. The molecular weight excluding hydrogens is 239 g/mol. The zero-order valence-electron chi connectivity index (χ0n) is 8.26. The lowest BCUT2D eigenvalue weighted by molar-refractivity contribution is -0.145. The van der Waals surface area contributed by atoms with Gasteiger partial charge in [0.25, 0.3) is 0 Å². The number of carbonyl (C=O) groups is 2. The molecule has 1 heterocycles. The average Bonchev–Trinajstić information content (AvgIpc) is 2.26. The first-order valence-electron chi connectivity index (χ1n) is 4.62. The molecule has 1 aliphatic rings. The van der Waals surface area contributed by atoms with Gasteiger partial charge in [0.05, 0.1) is 5.69 Å². The van der Waals surface area contributed by atoms with Crippen molar-refractivity contribution in [1.82, 2.24) is 0 Å². The van der Waals surface area contributed by atoms with Crippen LogP contribution in [0.4, 0.5) is 18.9 Å². The number of amides is 1. The molecule has 1 aliphatic heterocycles. The quantitative estimate of drug-likeness (QED) is 0.579. The molecule has 0 bridgehead atoms. The number of carbonyl (C=O) groups excluding carboxylic acids is 1. The Hall–Kier alpha value is -2.05. The van der Waals surface area contributed by atoms with E-state index >= 15 is 0 Å². The molecule has 0 radical (unpaired) electrons. The van der Waals surface area contributed by atoms with Crippen molar-refractivity contribution in [2.24, 2.45) is 5.92 Å². The largest absolute Gasteiger partial charge is 0.481 e. The van der Waals surface area contributed by atoms with Gasteiger partial charge in [-0.15, -0.1) is 0 Å². The first-order chi connectivity index (χ1) is 7.91. The number of benzene rings is 1. The van der Waals surface area contributed by atoms with Gasteiger partial charge in [0.15, 0.2) is 17.5 Å². The molecule has 0 fully saturated rings. The summed E-state index contributed by atoms with van der Waals surface area (Å²) in [4.78, 5) is 22.0. The van der Waals surface area contributed by atoms with Gasteiger partial charge in [-0.2, -0.15) is 0 Å². The van der Waals surface area contributed by atoms with Gasteiger partial charge in [-0.3, -0.25) is 9.59 Å². The highest BCUT2D eigenvalue weighted by Crippen LogP contribution is 2.31. The third kappa shape index (κ3) is 1.73. The Kier molecular flexibility index (Phi) is 2.53. The van der Waals surface area contributed by atoms with E-state index in [1.165, 1.54) is 0 Å². The van der Waals surface area contributed by atoms with Gasteiger partial charge in [-0.1, -0.05) is 0 Å². The molecule has 0 aliphatic carbocycles. The summed E-state index contributed by atoms with van der Waals surface area (Å²) in [5.41, 5.74) is -0.570. The number of carboxylic acids is 1. The number of carboxylic acid groups (broad SMARTS) is 1. The normalized spacial score (nSPS) is 18.5. The molecule has 1 unspecified atom stereocenters. The van der Waals surface area contributed by atoms with E-state index in [0.717, 1.165) is 0 Å². The fraction of sp³-hybridized carbons (Fsp3) is 0.200. The maximum atomic E-state index is 13.3. The van der Waals surface area contributed by atoms with Crippen LogP contribution in [0.1, 0.15) is 5.56 Å². The molecule has 0 spiro atoms. The number of anilines is 1. The molecule has 7 heteroatoms. The SMILES string of the molecule is O=C(O)C1Cc2cc(F)c(F)c(F)c2NC1=O. The lowest BCUT2D eigenvalue weighted by Gasteiger charge is -2.22. The van der Waals surface area contributed by atoms with E-state index in [-0.39, 0.29) is 12.0 Å². The van der Waals surface area contributed by atoms with E-state index in [4.69, 9.17) is 5.11 Å². The minimum atomic E-state index is -1.70. The van der Waals surface area contributed by atoms with Crippen molar-refractivity contribution in [1.29, 1.82) is 0 Å². The number of rotatable bonds is 1. The van der Waals surface area contributed by atoms with Crippen molar-refractivity contribution < 1.29 is 27.9 Å². The maximum absolute atomic E-state index is 13.3. The first kappa shape index (κ1) is 11.4. The summed E-state index contributed by atoms with van der Waals surface area (Å²) in [5.74, 6) is -8.41. The molecule has 1 amide bonds. The maximum Gasteiger partial charge on any atom is 0.316 e. The van der Waals surface area contributed by atoms with Gasteiger partial charge in [0.2, 0.25) is 5.91 Å². The van der Waals surface area contributed by atoms with Crippen LogP contribution in [0.2, 0.25) is 0 Å². The minimum absolute atomic E-state index is 0.0756. The average molecular weight is 245 g/mol. The third-order valence-corrected chi connectivity index (χ3v) is 2.53. The molecule has 2 N–H and O–H groups in total. The standard InChI is InChI=1S/C10H6F3NO3/c11-5-2-3-1-4(10(16)17)9(15)14-8(3)7(13)6(5)12/h2,4H,1H2,(H,14,15)(H,16,17). The summed E-state index contributed by atoms with van der Waals surface area (Å²) < 4.78 is 39.1. The summed E-state index contributed by atoms with van der Waals surface area (Å²) in [6.07, 6.45) is -0.370. The number of hydrogen-bond donors (Lipinski definition) is 2. The van der Waals surface area contributed by atoms with Gasteiger partial charge in [0.1, 0.15) is 5.92 Å². The molecule has 90 valence electrons. The fourth-order valence-electron chi connectivity index (χ4n) is 1.66. The van der Waals surface area contributed by atoms with Crippen LogP contribution in [-0.2, 0) is 16.0 Å². The monoisotopic (exact) mass is 245 g/mol. The second kappa shape index (κ2) is 3.76. The van der Waals surface area contributed by atoms with E-state index in [2.05, 4.69) is 0 Å². The number of hydrogen-bond acceptors (Lipinski definition) is 2. The third-order valence-electron chi connectivity index (χ3n) is 2.53. The Balaban J connectivity index is 2.53. The minimum Gasteiger partial charge on any atom is -0.481 e. The van der Waals surface area contributed by atoms with Gasteiger partial charge in [-0.25, -0.2) is 13.2 Å². The zero-order valence-corrected chi connectivity index (χ0v) is 8.26. The summed E-state index contributed by atoms with van der Waals surface area (Å²) in [7, 11) is 0. The van der Waals surface area contributed by atoms with Crippen molar-refractivity contribution >= 4 is 17.6 Å². The second-order valence-electron chi connectivity index (χ2n) is 3.60. The molecular formula is C10H6F3NO3. The lowest BCUT2D eigenvalue weighted by Crippen LogP contribution is -2.36. The molecule has 0 saturated carbocycles. The highest BCUT2D eigenvalue weighted by atomic mass is 19.2. The molecule has 1 atom stereocenters. The molecule has 17 heavy (non-hydrogen) atoms. The van der Waals surface area contributed by atoms with Crippen LogP contribution in [0.25, 0.3) is 0 Å². The highest BCUT2D eigenvalue weighted by Gasteiger charge is 2.34. The molecule has 0 saturated heterocycles. The predicted molar refractivity (Wildman–Crippen MR) is 49.8 cm³/mol. The summed E-state index contributed by atoms with van der Waals surface area (Å²) >= 11 is 0. The van der Waals surface area contributed by atoms with E-state index in [0.29, 0.717) is 6.07 Å². The van der Waals surface area contributed by atoms with Crippen molar-refractivity contribution in [2.75, 3.05) is 5.32 Å². The van der Waals surface area contributed by atoms with Crippen LogP contribution in [0, 0.1) is 23.4 Å². The highest BCUT2D eigenvalue weighted by molar-refractivity contribution is 6.06. The smallest absolute Gasteiger partial charge is 0.316 e. The number of aliphatic carboxylic acids is 1. The number of nitrogens with one attached hydrogen (secondary N) is 1. The van der Waals surface area contributed by atoms with Crippen molar-refractivity contribution in [3.8, 4) is 0 Å². The van der Waals surface area contributed by atoms with E-state index in [9.17, 15) is 22.8 Å². The van der Waals surface area contributed by atoms with Crippen LogP contribution >= 0.6 is 0 Å². The van der Waals surface area contributed by atoms with Crippen LogP contribution in [0.3, 0.4) is 0 Å². The Morgan fingerprint density at radius 3 is 2.59 bits per heavy atom. The van der Waals surface area contributed by atoms with Crippen LogP contribution in [0.5, 0.6) is 0 Å². The van der Waals surface area contributed by atoms with Crippen molar-refractivity contribution in [2.45, 2.75) is 6.42 Å². The van der Waals surface area contributed by atoms with Crippen LogP contribution < -0.4 is 5.32 Å². The van der Waals surface area contributed by atoms with Crippen molar-refractivity contribution in [3.05, 3.63) is 29.1 Å². The number of halogens is 3. The Labute approximate surface area is 93.0 Å². The molecule has 2 rings (SSSR count). The van der Waals surface area contributed by atoms with E-state index < -0.39 is 40.9 Å². The topological polar surface area (TPSA) is 66.4 Å². The summed E-state index contributed by atoms with van der Waals surface area (Å²) in [6.45, 7) is 0. The van der Waals surface area contributed by atoms with E-state index in [1.54, 1.807) is 0 Å². The van der Waals surface area contributed by atoms with E-state index in [1.807, 2.05) is 5.32 Å². The fourth-order valence-corrected chi connectivity index (χ4v) is 1.66.